The van der Waals surface area contributed by atoms with Crippen molar-refractivity contribution in [3.8, 4) is 5.75 Å². The molecule has 0 amide bonds. The lowest BCUT2D eigenvalue weighted by atomic mass is 9.60. The lowest BCUT2D eigenvalue weighted by Crippen LogP contribution is -2.35. The first-order valence-electron chi connectivity index (χ1n) is 26.6. The molecular weight excluding hydrogens is 895 g/mol. The van der Waals surface area contributed by atoms with Crippen LogP contribution in [0.4, 0.5) is 5.69 Å². The molecule has 1 saturated carbocycles. The first-order valence-corrected chi connectivity index (χ1v) is 26.6. The van der Waals surface area contributed by atoms with Crippen molar-refractivity contribution < 1.29 is 14.5 Å². The number of hydrogen-bond acceptors (Lipinski definition) is 4. The molecule has 73 heavy (non-hydrogen) atoms. The molecule has 1 fully saturated rings. The lowest BCUT2D eigenvalue weighted by Gasteiger charge is -2.41. The summed E-state index contributed by atoms with van der Waals surface area (Å²) in [6.45, 7) is 0. The summed E-state index contributed by atoms with van der Waals surface area (Å²) in [5.74, 6) is -0.151. The zero-order valence-corrected chi connectivity index (χ0v) is 36.6. The maximum absolute atomic E-state index is 16.5. The molecule has 308 valence electrons. The minimum absolute atomic E-state index is 0.00328. The number of ether oxygens (including phenoxy) is 1. The zero-order chi connectivity index (χ0) is 43.9. The van der Waals surface area contributed by atoms with E-state index in [2.05, 4.69) is 0 Å². The standard InChI is InChI=1S/C68H7NO4/c70-66(73-6-3-1-5(2-4-6)69(71)72)65-67-61-53-45-35-25-17-9-7-8-11-15-13(9)21-29-23(15)33-27-19(11)20-12(8)16-14-10(7)18(17)26-32-22(14)30-24(16)34-28(20)38-37(27)47-41(33)51-43(29)49(39(45)31(21)25)57(61)59(51)63-55(47)56-48(38)42(34)52-44(30)50-40(32)46(36(26)35)54(53)62(67)58(50)60(52)64(56)68(63,65)67/h1-4,61,64-65H. The largest absolute Gasteiger partial charge is 0.426 e. The van der Waals surface area contributed by atoms with Crippen LogP contribution in [-0.2, 0) is 15.6 Å². The number of non-ortho nitro benzene ring substituents is 1. The molecule has 27 aromatic carbocycles. The van der Waals surface area contributed by atoms with Crippen molar-refractivity contribution in [3.63, 3.8) is 0 Å². The Morgan fingerprint density at radius 3 is 0.767 bits per heavy atom. The maximum Gasteiger partial charge on any atom is 0.316 e. The highest BCUT2D eigenvalue weighted by Crippen LogP contribution is 2.96. The van der Waals surface area contributed by atoms with E-state index in [9.17, 15) is 10.1 Å². The predicted octanol–water partition coefficient (Wildman–Crippen LogP) is 17.0. The number of rotatable bonds is 3. The van der Waals surface area contributed by atoms with Gasteiger partial charge in [-0.15, -0.1) is 0 Å². The van der Waals surface area contributed by atoms with Crippen LogP contribution in [0.15, 0.2) is 24.3 Å². The van der Waals surface area contributed by atoms with Crippen LogP contribution in [0.1, 0.15) is 45.2 Å². The summed E-state index contributed by atoms with van der Waals surface area (Å²) >= 11 is 0. The quantitative estimate of drug-likeness (QED) is 0.0582. The van der Waals surface area contributed by atoms with E-state index in [4.69, 9.17) is 4.74 Å². The fourth-order valence-electron chi connectivity index (χ4n) is 26.3. The third kappa shape index (κ3) is 1.48. The fraction of sp³-hybridized carbons (Fsp3) is 0.0735. The Balaban J connectivity index is 1.05. The molecule has 7 aliphatic carbocycles. The van der Waals surface area contributed by atoms with Crippen LogP contribution < -0.4 is 4.74 Å². The Morgan fingerprint density at radius 1 is 0.329 bits per heavy atom. The van der Waals surface area contributed by atoms with Gasteiger partial charge in [-0.3, -0.25) is 14.9 Å². The number of benzene rings is 17. The highest BCUT2D eigenvalue weighted by molar-refractivity contribution is 6.80. The molecule has 0 heterocycles. The first-order chi connectivity index (χ1) is 36.2. The first kappa shape index (κ1) is 27.4. The second-order valence-electron chi connectivity index (χ2n) is 26.4. The van der Waals surface area contributed by atoms with Gasteiger partial charge in [-0.2, -0.15) is 0 Å². The molecule has 2 spiro atoms. The third-order valence-corrected chi connectivity index (χ3v) is 26.3. The monoisotopic (exact) mass is 901 g/mol. The summed E-state index contributed by atoms with van der Waals surface area (Å²) in [5.41, 5.74) is 8.17. The van der Waals surface area contributed by atoms with Crippen molar-refractivity contribution in [3.05, 3.63) is 67.8 Å². The van der Waals surface area contributed by atoms with Crippen molar-refractivity contribution in [1.29, 1.82) is 0 Å². The van der Waals surface area contributed by atoms with Crippen LogP contribution in [0.25, 0.3) is 269 Å². The molecule has 0 bridgehead atoms. The maximum atomic E-state index is 16.5. The third-order valence-electron chi connectivity index (χ3n) is 26.3. The second kappa shape index (κ2) is 6.20. The summed E-state index contributed by atoms with van der Waals surface area (Å²) in [5, 5.41) is 90.0. The fourth-order valence-corrected chi connectivity index (χ4v) is 26.3. The summed E-state index contributed by atoms with van der Waals surface area (Å²) in [4.78, 5) is 28.1. The molecule has 0 aliphatic heterocycles. The van der Waals surface area contributed by atoms with Gasteiger partial charge in [0.2, 0.25) is 0 Å². The number of nitro benzene ring substituents is 1. The van der Waals surface area contributed by atoms with Gasteiger partial charge in [-0.25, -0.2) is 0 Å². The molecule has 27 aromatic rings. The average molecular weight is 902 g/mol. The Bertz CT molecular complexity index is 7230. The summed E-state index contributed by atoms with van der Waals surface area (Å²) in [6, 6.07) is 6.31. The SMILES string of the molecule is O=C(Oc1ccc([N+](=O)[O-])cc1)C1C23c4c5c6c7c8c9c%10c%11c(c%12c%13c%14c%15c%16c(c4c4c%17c5c7c5c7c8c8c9c9c%11c%11c%12c%14c%12c%14c%15c%15c%16c4c4c%17c5c5c7c7c8c8c9c%11c%12c9c%14c%11c%15c4c5c%11c7c89)C%132)C13C6%10. The van der Waals surface area contributed by atoms with Gasteiger partial charge in [-0.1, -0.05) is 0 Å². The van der Waals surface area contributed by atoms with E-state index in [1.807, 2.05) is 0 Å². The number of carbonyl (C=O) groups excluding carboxylic acids is 1. The molecule has 7 aliphatic rings. The molecule has 4 atom stereocenters. The summed E-state index contributed by atoms with van der Waals surface area (Å²) in [7, 11) is 0. The van der Waals surface area contributed by atoms with E-state index in [0.29, 0.717) is 5.75 Å². The van der Waals surface area contributed by atoms with E-state index in [1.165, 1.54) is 66.3 Å². The van der Waals surface area contributed by atoms with Crippen LogP contribution in [0, 0.1) is 16.0 Å². The highest BCUT2D eigenvalue weighted by atomic mass is 16.6. The van der Waals surface area contributed by atoms with E-state index in [-0.39, 0.29) is 28.4 Å². The number of esters is 1. The zero-order valence-electron chi connectivity index (χ0n) is 36.6. The normalized spacial score (nSPS) is 25.1. The number of nitro groups is 1. The Hall–Kier alpha value is -9.19. The van der Waals surface area contributed by atoms with Crippen molar-refractivity contribution >= 4 is 281 Å². The molecular formula is C68H7NO4. The average Bonchev–Trinajstić information content (AvgIpc) is 4.39. The molecule has 5 nitrogen and oxygen atoms in total. The van der Waals surface area contributed by atoms with Crippen LogP contribution >= 0.6 is 0 Å². The smallest absolute Gasteiger partial charge is 0.316 e. The lowest BCUT2D eigenvalue weighted by molar-refractivity contribution is -0.384. The second-order valence-corrected chi connectivity index (χ2v) is 26.4. The number of nitrogens with zero attached hydrogens (tertiary/aromatic N) is 1. The summed E-state index contributed by atoms with van der Waals surface area (Å²) in [6.07, 6.45) is 0. The molecule has 5 heteroatoms. The molecule has 34 rings (SSSR count). The van der Waals surface area contributed by atoms with Crippen LogP contribution in [0.5, 0.6) is 5.75 Å². The van der Waals surface area contributed by atoms with Gasteiger partial charge < -0.3 is 4.74 Å². The van der Waals surface area contributed by atoms with Gasteiger partial charge in [0, 0.05) is 34.8 Å². The van der Waals surface area contributed by atoms with Gasteiger partial charge in [0.15, 0.2) is 0 Å². The number of carbonyl (C=O) groups is 1. The minimum Gasteiger partial charge on any atom is -0.426 e. The van der Waals surface area contributed by atoms with Gasteiger partial charge in [-0.05, 0) is 315 Å². The summed E-state index contributed by atoms with van der Waals surface area (Å²) < 4.78 is 6.88. The van der Waals surface area contributed by atoms with Crippen LogP contribution in [0.3, 0.4) is 0 Å². The highest BCUT2D eigenvalue weighted by Gasteiger charge is 2.93. The van der Waals surface area contributed by atoms with E-state index in [0.717, 1.165) is 0 Å². The predicted molar refractivity (Wildman–Crippen MR) is 293 cm³/mol. The molecule has 0 radical (unpaired) electrons. The Morgan fingerprint density at radius 2 is 0.534 bits per heavy atom. The minimum atomic E-state index is -0.550. The molecule has 4 unspecified atom stereocenters. The molecule has 0 aromatic heterocycles. The van der Waals surface area contributed by atoms with Gasteiger partial charge >= 0.3 is 5.97 Å². The molecule has 0 N–H and O–H groups in total. The van der Waals surface area contributed by atoms with Crippen molar-refractivity contribution in [2.45, 2.75) is 22.7 Å². The van der Waals surface area contributed by atoms with Crippen LogP contribution in [0.2, 0.25) is 0 Å². The van der Waals surface area contributed by atoms with Crippen LogP contribution in [-0.4, -0.2) is 10.9 Å². The Kier molecular flexibility index (Phi) is 2.33. The van der Waals surface area contributed by atoms with E-state index in [1.54, 1.807) is 261 Å². The van der Waals surface area contributed by atoms with Gasteiger partial charge in [0.05, 0.1) is 10.8 Å². The van der Waals surface area contributed by atoms with Crippen molar-refractivity contribution in [2.75, 3.05) is 0 Å². The number of hydrogen-bond donors (Lipinski definition) is 0. The van der Waals surface area contributed by atoms with E-state index < -0.39 is 16.7 Å². The van der Waals surface area contributed by atoms with Crippen molar-refractivity contribution in [1.82, 2.24) is 0 Å². The van der Waals surface area contributed by atoms with E-state index >= 15 is 4.79 Å². The topological polar surface area (TPSA) is 69.4 Å². The van der Waals surface area contributed by atoms with Gasteiger partial charge in [0.1, 0.15) is 5.75 Å². The van der Waals surface area contributed by atoms with Gasteiger partial charge in [0.25, 0.3) is 5.69 Å². The Labute approximate surface area is 395 Å². The molecule has 0 saturated heterocycles. The van der Waals surface area contributed by atoms with Crippen molar-refractivity contribution in [2.24, 2.45) is 5.92 Å².